The van der Waals surface area contributed by atoms with Gasteiger partial charge in [-0.2, -0.15) is 0 Å². The normalized spacial score (nSPS) is 13.7. The van der Waals surface area contributed by atoms with Crippen molar-refractivity contribution < 1.29 is 14.3 Å². The molecule has 1 aliphatic rings. The summed E-state index contributed by atoms with van der Waals surface area (Å²) in [4.78, 5) is 23.8. The summed E-state index contributed by atoms with van der Waals surface area (Å²) in [5.74, 6) is -0.799. The number of hydrogen-bond donors (Lipinski definition) is 1. The molecular weight excluding hydrogens is 352 g/mol. The molecule has 0 bridgehead atoms. The van der Waals surface area contributed by atoms with Gasteiger partial charge in [0.1, 0.15) is 0 Å². The number of nitrogens with one attached hydrogen (secondary N) is 1. The fourth-order valence-electron chi connectivity index (χ4n) is 3.49. The maximum absolute atomic E-state index is 11.9. The zero-order valence-electron chi connectivity index (χ0n) is 16.8. The number of amides is 1. The van der Waals surface area contributed by atoms with Crippen LogP contribution >= 0.6 is 0 Å². The van der Waals surface area contributed by atoms with Crippen molar-refractivity contribution in [2.45, 2.75) is 46.1 Å². The van der Waals surface area contributed by atoms with Crippen LogP contribution in [-0.4, -0.2) is 29.6 Å². The first kappa shape index (κ1) is 19.9. The van der Waals surface area contributed by atoms with E-state index in [4.69, 9.17) is 4.74 Å². The summed E-state index contributed by atoms with van der Waals surface area (Å²) < 4.78 is 7.37. The smallest absolute Gasteiger partial charge is 0.331 e. The Kier molecular flexibility index (Phi) is 6.34. The summed E-state index contributed by atoms with van der Waals surface area (Å²) in [5.41, 5.74) is 5.80. The first-order chi connectivity index (χ1) is 13.5. The van der Waals surface area contributed by atoms with Gasteiger partial charge in [0, 0.05) is 30.1 Å². The highest BCUT2D eigenvalue weighted by Crippen LogP contribution is 2.38. The quantitative estimate of drug-likeness (QED) is 0.562. The van der Waals surface area contributed by atoms with E-state index in [1.165, 1.54) is 35.7 Å². The van der Waals surface area contributed by atoms with Crippen molar-refractivity contribution in [3.8, 4) is 0 Å². The van der Waals surface area contributed by atoms with Crippen LogP contribution in [0.15, 0.2) is 36.4 Å². The van der Waals surface area contributed by atoms with Crippen LogP contribution in [0.25, 0.3) is 6.08 Å². The van der Waals surface area contributed by atoms with Gasteiger partial charge in [-0.1, -0.05) is 24.3 Å². The second kappa shape index (κ2) is 8.91. The molecule has 0 atom stereocenters. The number of ether oxygens (including phenoxy) is 1. The number of aryl methyl sites for hydroxylation is 2. The van der Waals surface area contributed by atoms with Gasteiger partial charge in [-0.15, -0.1) is 0 Å². The monoisotopic (exact) mass is 380 g/mol. The van der Waals surface area contributed by atoms with Crippen molar-refractivity contribution in [3.05, 3.63) is 64.5 Å². The molecule has 1 fully saturated rings. The largest absolute Gasteiger partial charge is 0.452 e. The summed E-state index contributed by atoms with van der Waals surface area (Å²) in [5, 5.41) is 2.78. The van der Waals surface area contributed by atoms with Crippen LogP contribution in [0.4, 0.5) is 0 Å². The second-order valence-electron chi connectivity index (χ2n) is 7.40. The van der Waals surface area contributed by atoms with Gasteiger partial charge in [-0.3, -0.25) is 4.79 Å². The van der Waals surface area contributed by atoms with E-state index >= 15 is 0 Å². The maximum Gasteiger partial charge on any atom is 0.331 e. The van der Waals surface area contributed by atoms with Gasteiger partial charge in [0.15, 0.2) is 6.61 Å². The lowest BCUT2D eigenvalue weighted by atomic mass is 10.1. The minimum atomic E-state index is -0.509. The van der Waals surface area contributed by atoms with Crippen LogP contribution in [0.1, 0.15) is 47.0 Å². The van der Waals surface area contributed by atoms with Gasteiger partial charge >= 0.3 is 5.97 Å². The molecule has 5 heteroatoms. The fraction of sp³-hybridized carbons (Fsp3) is 0.391. The van der Waals surface area contributed by atoms with E-state index in [0.717, 1.165) is 17.7 Å². The number of rotatable bonds is 8. The molecule has 0 spiro atoms. The average Bonchev–Trinajstić information content (AvgIpc) is 3.45. The van der Waals surface area contributed by atoms with Gasteiger partial charge in [0.2, 0.25) is 0 Å². The first-order valence-corrected chi connectivity index (χ1v) is 9.80. The molecule has 1 amide bonds. The molecule has 0 aliphatic heterocycles. The topological polar surface area (TPSA) is 60.3 Å². The SMILES string of the molecule is Cc1ccccc1CCNC(=O)COC(=O)/C=C/c1cc(C)n(C2CC2)c1C. The Labute approximate surface area is 166 Å². The predicted octanol–water partition coefficient (Wildman–Crippen LogP) is 3.66. The van der Waals surface area contributed by atoms with Crippen LogP contribution < -0.4 is 5.32 Å². The molecule has 1 aliphatic carbocycles. The number of esters is 1. The number of aromatic nitrogens is 1. The van der Waals surface area contributed by atoms with Crippen LogP contribution in [0.2, 0.25) is 0 Å². The van der Waals surface area contributed by atoms with Crippen molar-refractivity contribution in [1.82, 2.24) is 9.88 Å². The van der Waals surface area contributed by atoms with Crippen LogP contribution in [0.3, 0.4) is 0 Å². The lowest BCUT2D eigenvalue weighted by Gasteiger charge is -2.07. The molecule has 2 aromatic rings. The van der Waals surface area contributed by atoms with Gasteiger partial charge < -0.3 is 14.6 Å². The molecule has 0 unspecified atom stereocenters. The highest BCUT2D eigenvalue weighted by atomic mass is 16.5. The highest BCUT2D eigenvalue weighted by Gasteiger charge is 2.26. The van der Waals surface area contributed by atoms with Crippen molar-refractivity contribution in [2.75, 3.05) is 13.2 Å². The van der Waals surface area contributed by atoms with E-state index in [2.05, 4.69) is 29.8 Å². The molecule has 1 N–H and O–H groups in total. The number of carbonyl (C=O) groups excluding carboxylic acids is 2. The fourth-order valence-corrected chi connectivity index (χ4v) is 3.49. The van der Waals surface area contributed by atoms with Crippen LogP contribution in [0, 0.1) is 20.8 Å². The summed E-state index contributed by atoms with van der Waals surface area (Å²) in [7, 11) is 0. The van der Waals surface area contributed by atoms with Gasteiger partial charge in [0.05, 0.1) is 0 Å². The van der Waals surface area contributed by atoms with Crippen molar-refractivity contribution >= 4 is 18.0 Å². The Balaban J connectivity index is 1.41. The lowest BCUT2D eigenvalue weighted by Crippen LogP contribution is -2.30. The molecular formula is C23H28N2O3. The maximum atomic E-state index is 11.9. The minimum absolute atomic E-state index is 0.266. The molecule has 1 aromatic heterocycles. The molecule has 0 saturated heterocycles. The van der Waals surface area contributed by atoms with E-state index in [-0.39, 0.29) is 12.5 Å². The molecule has 3 rings (SSSR count). The predicted molar refractivity (Wildman–Crippen MR) is 110 cm³/mol. The number of carbonyl (C=O) groups is 2. The Morgan fingerprint density at radius 3 is 2.68 bits per heavy atom. The zero-order chi connectivity index (χ0) is 20.1. The molecule has 28 heavy (non-hydrogen) atoms. The summed E-state index contributed by atoms with van der Waals surface area (Å²) >= 11 is 0. The molecule has 0 radical (unpaired) electrons. The van der Waals surface area contributed by atoms with Crippen LogP contribution in [0.5, 0.6) is 0 Å². The van der Waals surface area contributed by atoms with Crippen molar-refractivity contribution in [3.63, 3.8) is 0 Å². The van der Waals surface area contributed by atoms with Gasteiger partial charge in [-0.25, -0.2) is 4.79 Å². The number of nitrogens with zero attached hydrogens (tertiary/aromatic N) is 1. The number of benzene rings is 1. The average molecular weight is 380 g/mol. The van der Waals surface area contributed by atoms with Crippen molar-refractivity contribution in [1.29, 1.82) is 0 Å². The van der Waals surface area contributed by atoms with E-state index < -0.39 is 5.97 Å². The zero-order valence-corrected chi connectivity index (χ0v) is 16.8. The van der Waals surface area contributed by atoms with Gasteiger partial charge in [-0.05, 0) is 68.9 Å². The molecule has 1 aromatic carbocycles. The summed E-state index contributed by atoms with van der Waals surface area (Å²) in [6.45, 7) is 6.45. The van der Waals surface area contributed by atoms with Crippen molar-refractivity contribution in [2.24, 2.45) is 0 Å². The molecule has 5 nitrogen and oxygen atoms in total. The molecule has 1 heterocycles. The van der Waals surface area contributed by atoms with E-state index in [9.17, 15) is 9.59 Å². The Morgan fingerprint density at radius 1 is 1.21 bits per heavy atom. The Bertz CT molecular complexity index is 891. The van der Waals surface area contributed by atoms with E-state index in [0.29, 0.717) is 12.6 Å². The lowest BCUT2D eigenvalue weighted by molar-refractivity contribution is -0.143. The Morgan fingerprint density at radius 2 is 1.96 bits per heavy atom. The standard InChI is InChI=1S/C23H28N2O3/c1-16-6-4-5-7-19(16)12-13-24-22(26)15-28-23(27)11-8-20-14-17(2)25(18(20)3)21-9-10-21/h4-8,11,14,21H,9-10,12-13,15H2,1-3H3,(H,24,26)/b11-8+. The molecule has 1 saturated carbocycles. The molecule has 148 valence electrons. The summed E-state index contributed by atoms with van der Waals surface area (Å²) in [6, 6.07) is 10.8. The third kappa shape index (κ3) is 5.12. The number of hydrogen-bond acceptors (Lipinski definition) is 3. The first-order valence-electron chi connectivity index (χ1n) is 9.80. The Hall–Kier alpha value is -2.82. The third-order valence-electron chi connectivity index (χ3n) is 5.16. The van der Waals surface area contributed by atoms with E-state index in [1.807, 2.05) is 31.2 Å². The summed E-state index contributed by atoms with van der Waals surface area (Å²) in [6.07, 6.45) is 6.35. The third-order valence-corrected chi connectivity index (χ3v) is 5.16. The highest BCUT2D eigenvalue weighted by molar-refractivity contribution is 5.89. The van der Waals surface area contributed by atoms with E-state index in [1.54, 1.807) is 6.08 Å². The minimum Gasteiger partial charge on any atom is -0.452 e. The van der Waals surface area contributed by atoms with Crippen LogP contribution in [-0.2, 0) is 20.7 Å². The second-order valence-corrected chi connectivity index (χ2v) is 7.40. The van der Waals surface area contributed by atoms with Gasteiger partial charge in [0.25, 0.3) is 5.91 Å².